The van der Waals surface area contributed by atoms with Crippen molar-refractivity contribution in [3.63, 3.8) is 0 Å². The number of hydrogen-bond acceptors (Lipinski definition) is 5. The van der Waals surface area contributed by atoms with Crippen molar-refractivity contribution in [1.29, 1.82) is 0 Å². The maximum atomic E-state index is 13.2. The zero-order chi connectivity index (χ0) is 22.4. The van der Waals surface area contributed by atoms with E-state index in [1.165, 1.54) is 16.9 Å². The Morgan fingerprint density at radius 1 is 0.968 bits per heavy atom. The number of carbonyl (C=O) groups excluding carboxylic acids is 1. The van der Waals surface area contributed by atoms with Crippen molar-refractivity contribution >= 4 is 27.5 Å². The Balaban J connectivity index is 2.12. The molecule has 6 nitrogen and oxygen atoms in total. The maximum Gasteiger partial charge on any atom is 0.279 e. The van der Waals surface area contributed by atoms with Gasteiger partial charge in [0.15, 0.2) is 16.3 Å². The van der Waals surface area contributed by atoms with Crippen LogP contribution in [0.25, 0.3) is 10.2 Å². The van der Waals surface area contributed by atoms with Gasteiger partial charge in [-0.05, 0) is 63.9 Å². The Morgan fingerprint density at radius 3 is 2.19 bits per heavy atom. The van der Waals surface area contributed by atoms with Crippen LogP contribution in [0.5, 0.6) is 17.2 Å². The van der Waals surface area contributed by atoms with Crippen molar-refractivity contribution in [3.05, 3.63) is 46.3 Å². The summed E-state index contributed by atoms with van der Waals surface area (Å²) in [5, 5.41) is 0. The molecule has 0 saturated carbocycles. The van der Waals surface area contributed by atoms with Crippen molar-refractivity contribution in [2.45, 2.75) is 47.6 Å². The first-order valence-corrected chi connectivity index (χ1v) is 11.6. The predicted molar refractivity (Wildman–Crippen MR) is 125 cm³/mol. The number of aromatic nitrogens is 1. The number of benzene rings is 2. The van der Waals surface area contributed by atoms with Gasteiger partial charge in [0.1, 0.15) is 0 Å². The van der Waals surface area contributed by atoms with Crippen LogP contribution in [0.1, 0.15) is 50.0 Å². The molecular weight excluding hydrogens is 412 g/mol. The minimum absolute atomic E-state index is 0.335. The fourth-order valence-electron chi connectivity index (χ4n) is 3.37. The molecular formula is C24H30N2O4S. The first-order chi connectivity index (χ1) is 15.0. The molecule has 0 unspecified atom stereocenters. The lowest BCUT2D eigenvalue weighted by atomic mass is 10.1. The highest BCUT2D eigenvalue weighted by Gasteiger charge is 2.18. The molecule has 1 amide bonds. The number of carbonyl (C=O) groups is 1. The molecule has 0 radical (unpaired) electrons. The van der Waals surface area contributed by atoms with Crippen LogP contribution < -0.4 is 19.0 Å². The summed E-state index contributed by atoms with van der Waals surface area (Å²) in [5.41, 5.74) is 2.69. The third kappa shape index (κ3) is 5.10. The molecule has 0 spiro atoms. The van der Waals surface area contributed by atoms with Gasteiger partial charge in [0, 0.05) is 12.1 Å². The average molecular weight is 443 g/mol. The van der Waals surface area contributed by atoms with Gasteiger partial charge in [-0.2, -0.15) is 4.99 Å². The number of nitrogens with zero attached hydrogens (tertiary/aromatic N) is 2. The molecule has 0 N–H and O–H groups in total. The zero-order valence-corrected chi connectivity index (χ0v) is 19.7. The fraction of sp³-hybridized carbons (Fsp3) is 0.417. The minimum Gasteiger partial charge on any atom is -0.490 e. The summed E-state index contributed by atoms with van der Waals surface area (Å²) >= 11 is 1.53. The molecule has 0 aliphatic carbocycles. The third-order valence-electron chi connectivity index (χ3n) is 4.64. The van der Waals surface area contributed by atoms with E-state index in [0.717, 1.165) is 23.2 Å². The van der Waals surface area contributed by atoms with Crippen molar-refractivity contribution < 1.29 is 19.0 Å². The lowest BCUT2D eigenvalue weighted by Crippen LogP contribution is -2.17. The second-order valence-electron chi connectivity index (χ2n) is 7.03. The van der Waals surface area contributed by atoms with E-state index in [1.54, 1.807) is 12.1 Å². The standard InChI is InChI=1S/C24H30N2O4S/c1-6-12-26-18-11-10-16(5)13-21(18)31-24(26)25-23(27)17-14-19(28-7-2)22(30-9-4)20(15-17)29-8-3/h10-11,13-15H,6-9,12H2,1-5H3. The summed E-state index contributed by atoms with van der Waals surface area (Å²) in [4.78, 5) is 18.3. The van der Waals surface area contributed by atoms with Gasteiger partial charge in [0.2, 0.25) is 5.75 Å². The molecule has 7 heteroatoms. The summed E-state index contributed by atoms with van der Waals surface area (Å²) < 4.78 is 20.4. The van der Waals surface area contributed by atoms with Gasteiger partial charge in [-0.3, -0.25) is 4.79 Å². The highest BCUT2D eigenvalue weighted by Crippen LogP contribution is 2.39. The van der Waals surface area contributed by atoms with Crippen LogP contribution in [-0.4, -0.2) is 30.3 Å². The number of rotatable bonds is 9. The lowest BCUT2D eigenvalue weighted by Gasteiger charge is -2.16. The van der Waals surface area contributed by atoms with Crippen molar-refractivity contribution in [2.24, 2.45) is 4.99 Å². The Labute approximate surface area is 187 Å². The largest absolute Gasteiger partial charge is 0.490 e. The topological polar surface area (TPSA) is 62.1 Å². The zero-order valence-electron chi connectivity index (χ0n) is 18.9. The van der Waals surface area contributed by atoms with E-state index < -0.39 is 0 Å². The van der Waals surface area contributed by atoms with E-state index in [0.29, 0.717) is 47.4 Å². The van der Waals surface area contributed by atoms with Gasteiger partial charge >= 0.3 is 0 Å². The maximum absolute atomic E-state index is 13.2. The highest BCUT2D eigenvalue weighted by molar-refractivity contribution is 7.16. The number of thiazole rings is 1. The highest BCUT2D eigenvalue weighted by atomic mass is 32.1. The van der Waals surface area contributed by atoms with Gasteiger partial charge < -0.3 is 18.8 Å². The van der Waals surface area contributed by atoms with Crippen LogP contribution in [0.2, 0.25) is 0 Å². The SMILES string of the molecule is CCCn1c(=NC(=O)c2cc(OCC)c(OCC)c(OCC)c2)sc2cc(C)ccc21. The van der Waals surface area contributed by atoms with E-state index in [-0.39, 0.29) is 5.91 Å². The molecule has 0 bridgehead atoms. The summed E-state index contributed by atoms with van der Waals surface area (Å²) in [6.45, 7) is 12.0. The van der Waals surface area contributed by atoms with Crippen molar-refractivity contribution in [1.82, 2.24) is 4.57 Å². The Bertz CT molecular complexity index is 1100. The van der Waals surface area contributed by atoms with E-state index in [1.807, 2.05) is 20.8 Å². The predicted octanol–water partition coefficient (Wildman–Crippen LogP) is 5.36. The Morgan fingerprint density at radius 2 is 1.61 bits per heavy atom. The quantitative estimate of drug-likeness (QED) is 0.448. The molecule has 0 atom stereocenters. The van der Waals surface area contributed by atoms with Crippen LogP contribution in [-0.2, 0) is 6.54 Å². The van der Waals surface area contributed by atoms with Gasteiger partial charge in [-0.1, -0.05) is 24.3 Å². The molecule has 0 saturated heterocycles. The second kappa shape index (κ2) is 10.5. The lowest BCUT2D eigenvalue weighted by molar-refractivity contribution is 0.0996. The van der Waals surface area contributed by atoms with E-state index in [9.17, 15) is 4.79 Å². The van der Waals surface area contributed by atoms with Crippen LogP contribution in [0.4, 0.5) is 0 Å². The number of hydrogen-bond donors (Lipinski definition) is 0. The van der Waals surface area contributed by atoms with Crippen LogP contribution in [0.15, 0.2) is 35.3 Å². The van der Waals surface area contributed by atoms with Crippen LogP contribution >= 0.6 is 11.3 Å². The van der Waals surface area contributed by atoms with Crippen molar-refractivity contribution in [3.8, 4) is 17.2 Å². The van der Waals surface area contributed by atoms with Crippen LogP contribution in [0, 0.1) is 6.92 Å². The molecule has 166 valence electrons. The van der Waals surface area contributed by atoms with Crippen molar-refractivity contribution in [2.75, 3.05) is 19.8 Å². The number of ether oxygens (including phenoxy) is 3. The molecule has 2 aromatic carbocycles. The molecule has 0 aliphatic heterocycles. The monoisotopic (exact) mass is 442 g/mol. The summed E-state index contributed by atoms with van der Waals surface area (Å²) in [6, 6.07) is 9.68. The molecule has 1 heterocycles. The van der Waals surface area contributed by atoms with Gasteiger partial charge in [0.05, 0.1) is 30.0 Å². The Hall–Kier alpha value is -2.80. The third-order valence-corrected chi connectivity index (χ3v) is 5.68. The molecule has 0 fully saturated rings. The summed E-state index contributed by atoms with van der Waals surface area (Å²) in [5.74, 6) is 1.16. The second-order valence-corrected chi connectivity index (χ2v) is 8.03. The number of amides is 1. The first-order valence-electron chi connectivity index (χ1n) is 10.8. The smallest absolute Gasteiger partial charge is 0.279 e. The van der Waals surface area contributed by atoms with E-state index >= 15 is 0 Å². The van der Waals surface area contributed by atoms with E-state index in [4.69, 9.17) is 14.2 Å². The number of fused-ring (bicyclic) bond motifs is 1. The summed E-state index contributed by atoms with van der Waals surface area (Å²) in [7, 11) is 0. The van der Waals surface area contributed by atoms with Gasteiger partial charge in [-0.15, -0.1) is 0 Å². The molecule has 1 aromatic heterocycles. The Kier molecular flexibility index (Phi) is 7.74. The van der Waals surface area contributed by atoms with E-state index in [2.05, 4.69) is 41.6 Å². The molecule has 3 aromatic rings. The van der Waals surface area contributed by atoms with Crippen LogP contribution in [0.3, 0.4) is 0 Å². The van der Waals surface area contributed by atoms with Gasteiger partial charge in [-0.25, -0.2) is 0 Å². The minimum atomic E-state index is -0.335. The first kappa shape index (κ1) is 22.9. The summed E-state index contributed by atoms with van der Waals surface area (Å²) in [6.07, 6.45) is 0.952. The molecule has 31 heavy (non-hydrogen) atoms. The number of aryl methyl sites for hydroxylation is 2. The molecule has 0 aliphatic rings. The fourth-order valence-corrected chi connectivity index (χ4v) is 4.52. The normalized spacial score (nSPS) is 11.7. The van der Waals surface area contributed by atoms with Gasteiger partial charge in [0.25, 0.3) is 5.91 Å². The molecule has 3 rings (SSSR count). The average Bonchev–Trinajstić information content (AvgIpc) is 3.06.